The summed E-state index contributed by atoms with van der Waals surface area (Å²) in [4.78, 5) is 8.71. The monoisotopic (exact) mass is 241 g/mol. The Hall–Kier alpha value is -1.64. The number of para-hydroxylation sites is 1. The topological polar surface area (TPSA) is 37.8 Å². The molecule has 0 saturated heterocycles. The molecule has 1 fully saturated rings. The number of hydrogen-bond acceptors (Lipinski definition) is 3. The molecule has 1 aromatic carbocycles. The molecule has 0 radical (unpaired) electrons. The Balaban J connectivity index is 1.91. The molecule has 2 aromatic rings. The molecule has 94 valence electrons. The largest absolute Gasteiger partial charge is 0.366 e. The van der Waals surface area contributed by atoms with Crippen molar-refractivity contribution in [1.82, 2.24) is 9.97 Å². The number of fused-ring (bicyclic) bond motifs is 1. The Morgan fingerprint density at radius 3 is 2.72 bits per heavy atom. The van der Waals surface area contributed by atoms with Gasteiger partial charge in [-0.15, -0.1) is 0 Å². The van der Waals surface area contributed by atoms with Crippen LogP contribution in [0.5, 0.6) is 0 Å². The summed E-state index contributed by atoms with van der Waals surface area (Å²) in [6, 6.07) is 8.71. The van der Waals surface area contributed by atoms with Gasteiger partial charge in [0.25, 0.3) is 0 Å². The van der Waals surface area contributed by atoms with Gasteiger partial charge in [0.05, 0.1) is 5.52 Å². The van der Waals surface area contributed by atoms with Crippen molar-refractivity contribution in [1.29, 1.82) is 0 Å². The lowest BCUT2D eigenvalue weighted by atomic mass is 9.98. The molecule has 3 atom stereocenters. The van der Waals surface area contributed by atoms with Gasteiger partial charge in [-0.25, -0.2) is 9.97 Å². The standard InChI is InChI=1S/C15H19N3/c1-10-7-8-13(11(10)2)18-15-12-5-3-4-6-14(12)16-9-17-15/h3-6,9-11,13H,7-8H2,1-2H3,(H,16,17,18). The summed E-state index contributed by atoms with van der Waals surface area (Å²) in [6.45, 7) is 4.67. The van der Waals surface area contributed by atoms with Crippen molar-refractivity contribution in [3.63, 3.8) is 0 Å². The van der Waals surface area contributed by atoms with Crippen LogP contribution in [-0.2, 0) is 0 Å². The molecule has 1 aromatic heterocycles. The minimum Gasteiger partial charge on any atom is -0.366 e. The minimum atomic E-state index is 0.540. The summed E-state index contributed by atoms with van der Waals surface area (Å²) in [5.74, 6) is 2.49. The lowest BCUT2D eigenvalue weighted by molar-refractivity contribution is 0.435. The average molecular weight is 241 g/mol. The molecule has 1 N–H and O–H groups in total. The Labute approximate surface area is 108 Å². The molecule has 3 unspecified atom stereocenters. The summed E-state index contributed by atoms with van der Waals surface area (Å²) < 4.78 is 0. The van der Waals surface area contributed by atoms with Crippen molar-refractivity contribution < 1.29 is 0 Å². The molecule has 0 bridgehead atoms. The van der Waals surface area contributed by atoms with Crippen LogP contribution in [0.1, 0.15) is 26.7 Å². The van der Waals surface area contributed by atoms with E-state index in [4.69, 9.17) is 0 Å². The van der Waals surface area contributed by atoms with Crippen LogP contribution in [0.4, 0.5) is 5.82 Å². The van der Waals surface area contributed by atoms with Crippen LogP contribution >= 0.6 is 0 Å². The van der Waals surface area contributed by atoms with E-state index in [0.717, 1.165) is 22.6 Å². The van der Waals surface area contributed by atoms with Gasteiger partial charge >= 0.3 is 0 Å². The van der Waals surface area contributed by atoms with E-state index >= 15 is 0 Å². The third-order valence-electron chi connectivity index (χ3n) is 4.33. The third-order valence-corrected chi connectivity index (χ3v) is 4.33. The highest BCUT2D eigenvalue weighted by Gasteiger charge is 2.29. The second-order valence-corrected chi connectivity index (χ2v) is 5.40. The molecule has 0 amide bonds. The van der Waals surface area contributed by atoms with Crippen molar-refractivity contribution in [3.05, 3.63) is 30.6 Å². The first kappa shape index (κ1) is 11.5. The van der Waals surface area contributed by atoms with Crippen molar-refractivity contribution in [2.24, 2.45) is 11.8 Å². The van der Waals surface area contributed by atoms with Gasteiger partial charge in [-0.1, -0.05) is 26.0 Å². The van der Waals surface area contributed by atoms with Gasteiger partial charge in [-0.2, -0.15) is 0 Å². The van der Waals surface area contributed by atoms with Crippen LogP contribution in [0.2, 0.25) is 0 Å². The fraction of sp³-hybridized carbons (Fsp3) is 0.467. The molecule has 1 aliphatic rings. The van der Waals surface area contributed by atoms with Crippen molar-refractivity contribution >= 4 is 16.7 Å². The Morgan fingerprint density at radius 2 is 1.94 bits per heavy atom. The summed E-state index contributed by atoms with van der Waals surface area (Å²) in [5.41, 5.74) is 1.01. The first-order valence-electron chi connectivity index (χ1n) is 6.72. The van der Waals surface area contributed by atoms with Crippen molar-refractivity contribution in [2.75, 3.05) is 5.32 Å². The predicted molar refractivity (Wildman–Crippen MR) is 74.5 cm³/mol. The zero-order valence-electron chi connectivity index (χ0n) is 10.9. The highest BCUT2D eigenvalue weighted by Crippen LogP contribution is 2.33. The normalized spacial score (nSPS) is 27.6. The number of benzene rings is 1. The number of rotatable bonds is 2. The van der Waals surface area contributed by atoms with Crippen molar-refractivity contribution in [2.45, 2.75) is 32.7 Å². The number of nitrogens with one attached hydrogen (secondary N) is 1. The summed E-state index contributed by atoms with van der Waals surface area (Å²) in [6.07, 6.45) is 4.19. The van der Waals surface area contributed by atoms with Crippen molar-refractivity contribution in [3.8, 4) is 0 Å². The molecule has 3 heteroatoms. The number of nitrogens with zero attached hydrogens (tertiary/aromatic N) is 2. The fourth-order valence-electron chi connectivity index (χ4n) is 2.86. The molecule has 0 spiro atoms. The van der Waals surface area contributed by atoms with Gasteiger partial charge < -0.3 is 5.32 Å². The first-order chi connectivity index (χ1) is 8.75. The van der Waals surface area contributed by atoms with E-state index in [1.165, 1.54) is 12.8 Å². The molecule has 1 saturated carbocycles. The van der Waals surface area contributed by atoms with E-state index in [9.17, 15) is 0 Å². The highest BCUT2D eigenvalue weighted by molar-refractivity contribution is 5.88. The third kappa shape index (κ3) is 1.94. The predicted octanol–water partition coefficient (Wildman–Crippen LogP) is 3.48. The number of hydrogen-bond donors (Lipinski definition) is 1. The second kappa shape index (κ2) is 4.56. The van der Waals surface area contributed by atoms with Gasteiger partial charge in [0, 0.05) is 11.4 Å². The lowest BCUT2D eigenvalue weighted by Gasteiger charge is -2.20. The summed E-state index contributed by atoms with van der Waals surface area (Å²) in [7, 11) is 0. The van der Waals surface area contributed by atoms with Crippen LogP contribution in [0.15, 0.2) is 30.6 Å². The molecule has 1 heterocycles. The van der Waals surface area contributed by atoms with Crippen LogP contribution in [0.25, 0.3) is 10.9 Å². The molecule has 3 rings (SSSR count). The molecule has 1 aliphatic carbocycles. The van der Waals surface area contributed by atoms with E-state index in [1.54, 1.807) is 6.33 Å². The maximum atomic E-state index is 4.41. The minimum absolute atomic E-state index is 0.540. The Kier molecular flexibility index (Phi) is 2.90. The second-order valence-electron chi connectivity index (χ2n) is 5.40. The molecule has 18 heavy (non-hydrogen) atoms. The van der Waals surface area contributed by atoms with E-state index in [0.29, 0.717) is 12.0 Å². The summed E-state index contributed by atoms with van der Waals surface area (Å²) in [5, 5.41) is 4.73. The van der Waals surface area contributed by atoms with Crippen LogP contribution in [-0.4, -0.2) is 16.0 Å². The summed E-state index contributed by atoms with van der Waals surface area (Å²) >= 11 is 0. The van der Waals surface area contributed by atoms with Crippen LogP contribution in [0.3, 0.4) is 0 Å². The van der Waals surface area contributed by atoms with Crippen LogP contribution in [0, 0.1) is 11.8 Å². The Morgan fingerprint density at radius 1 is 1.11 bits per heavy atom. The maximum absolute atomic E-state index is 4.41. The zero-order valence-corrected chi connectivity index (χ0v) is 10.9. The Bertz CT molecular complexity index is 547. The van der Waals surface area contributed by atoms with Gasteiger partial charge in [0.15, 0.2) is 0 Å². The number of anilines is 1. The van der Waals surface area contributed by atoms with E-state index in [2.05, 4.69) is 35.2 Å². The number of aromatic nitrogens is 2. The molecule has 0 aliphatic heterocycles. The van der Waals surface area contributed by atoms with Gasteiger partial charge in [0.1, 0.15) is 12.1 Å². The van der Waals surface area contributed by atoms with Gasteiger partial charge in [-0.3, -0.25) is 0 Å². The average Bonchev–Trinajstić information content (AvgIpc) is 2.71. The lowest BCUT2D eigenvalue weighted by Crippen LogP contribution is -2.24. The molecule has 3 nitrogen and oxygen atoms in total. The SMILES string of the molecule is CC1CCC(Nc2ncnc3ccccc23)C1C. The van der Waals surface area contributed by atoms with Gasteiger partial charge in [0.2, 0.25) is 0 Å². The smallest absolute Gasteiger partial charge is 0.137 e. The first-order valence-corrected chi connectivity index (χ1v) is 6.72. The zero-order chi connectivity index (χ0) is 12.5. The van der Waals surface area contributed by atoms with E-state index in [1.807, 2.05) is 18.2 Å². The van der Waals surface area contributed by atoms with E-state index < -0.39 is 0 Å². The van der Waals surface area contributed by atoms with E-state index in [-0.39, 0.29) is 0 Å². The molecular formula is C15H19N3. The molecular weight excluding hydrogens is 222 g/mol. The quantitative estimate of drug-likeness (QED) is 0.874. The maximum Gasteiger partial charge on any atom is 0.137 e. The van der Waals surface area contributed by atoms with Crippen LogP contribution < -0.4 is 5.32 Å². The fourth-order valence-corrected chi connectivity index (χ4v) is 2.86. The highest BCUT2D eigenvalue weighted by atomic mass is 15.0. The van der Waals surface area contributed by atoms with Gasteiger partial charge in [-0.05, 0) is 36.8 Å².